The van der Waals surface area contributed by atoms with Gasteiger partial charge >= 0.3 is 0 Å². The van der Waals surface area contributed by atoms with Gasteiger partial charge < -0.3 is 15.0 Å². The topological polar surface area (TPSA) is 79.0 Å². The average Bonchev–Trinajstić information content (AvgIpc) is 3.04. The number of fused-ring (bicyclic) bond motifs is 1. The van der Waals surface area contributed by atoms with Gasteiger partial charge in [-0.1, -0.05) is 0 Å². The summed E-state index contributed by atoms with van der Waals surface area (Å²) in [7, 11) is 0. The Labute approximate surface area is 127 Å². The second-order valence-corrected chi connectivity index (χ2v) is 5.16. The lowest BCUT2D eigenvalue weighted by Gasteiger charge is -2.27. The van der Waals surface area contributed by atoms with Gasteiger partial charge in [-0.15, -0.1) is 0 Å². The van der Waals surface area contributed by atoms with E-state index in [0.717, 1.165) is 54.5 Å². The van der Waals surface area contributed by atoms with Crippen molar-refractivity contribution in [3.63, 3.8) is 0 Å². The number of H-pyrrole nitrogens is 1. The Morgan fingerprint density at radius 3 is 2.95 bits per heavy atom. The van der Waals surface area contributed by atoms with Gasteiger partial charge in [0.2, 0.25) is 0 Å². The minimum atomic E-state index is 0.739. The van der Waals surface area contributed by atoms with Gasteiger partial charge in [-0.25, -0.2) is 9.97 Å². The fourth-order valence-corrected chi connectivity index (χ4v) is 2.54. The van der Waals surface area contributed by atoms with Crippen LogP contribution in [0.2, 0.25) is 0 Å². The molecule has 0 aliphatic carbocycles. The third kappa shape index (κ3) is 2.58. The van der Waals surface area contributed by atoms with Crippen LogP contribution in [0.1, 0.15) is 0 Å². The number of hydrogen-bond donors (Lipinski definition) is 2. The van der Waals surface area contributed by atoms with Crippen molar-refractivity contribution < 1.29 is 4.74 Å². The van der Waals surface area contributed by atoms with E-state index in [1.807, 2.05) is 24.3 Å². The molecule has 0 spiro atoms. The third-order valence-corrected chi connectivity index (χ3v) is 3.70. The summed E-state index contributed by atoms with van der Waals surface area (Å²) in [6.07, 6.45) is 3.39. The molecule has 0 saturated carbocycles. The molecule has 1 saturated heterocycles. The number of anilines is 3. The molecule has 7 nitrogen and oxygen atoms in total. The van der Waals surface area contributed by atoms with E-state index in [1.165, 1.54) is 0 Å². The van der Waals surface area contributed by atoms with Gasteiger partial charge in [0, 0.05) is 30.2 Å². The predicted molar refractivity (Wildman–Crippen MR) is 84.4 cm³/mol. The van der Waals surface area contributed by atoms with Crippen LogP contribution >= 0.6 is 0 Å². The molecule has 7 heteroatoms. The maximum absolute atomic E-state index is 5.37. The molecule has 0 atom stereocenters. The minimum absolute atomic E-state index is 0.739. The molecular weight excluding hydrogens is 280 g/mol. The fraction of sp³-hybridized carbons (Fsp3) is 0.267. The van der Waals surface area contributed by atoms with Gasteiger partial charge in [-0.3, -0.25) is 5.10 Å². The molecule has 22 heavy (non-hydrogen) atoms. The van der Waals surface area contributed by atoms with Crippen molar-refractivity contribution in [2.24, 2.45) is 0 Å². The largest absolute Gasteiger partial charge is 0.378 e. The molecule has 1 aromatic carbocycles. The van der Waals surface area contributed by atoms with E-state index in [1.54, 1.807) is 12.5 Å². The van der Waals surface area contributed by atoms with E-state index in [0.29, 0.717) is 0 Å². The Bertz CT molecular complexity index is 780. The number of ether oxygens (including phenoxy) is 1. The zero-order valence-electron chi connectivity index (χ0n) is 12.0. The van der Waals surface area contributed by atoms with Crippen LogP contribution in [0.15, 0.2) is 36.8 Å². The summed E-state index contributed by atoms with van der Waals surface area (Å²) in [6, 6.07) is 8.00. The van der Waals surface area contributed by atoms with Gasteiger partial charge in [0.05, 0.1) is 24.9 Å². The quantitative estimate of drug-likeness (QED) is 0.769. The van der Waals surface area contributed by atoms with Crippen molar-refractivity contribution in [2.45, 2.75) is 0 Å². The second kappa shape index (κ2) is 5.61. The molecule has 4 rings (SSSR count). The highest BCUT2D eigenvalue weighted by Crippen LogP contribution is 2.22. The summed E-state index contributed by atoms with van der Waals surface area (Å²) < 4.78 is 5.37. The molecule has 1 aliphatic rings. The van der Waals surface area contributed by atoms with Crippen LogP contribution in [-0.2, 0) is 4.74 Å². The third-order valence-electron chi connectivity index (χ3n) is 3.70. The van der Waals surface area contributed by atoms with Crippen LogP contribution < -0.4 is 10.2 Å². The first kappa shape index (κ1) is 13.0. The first-order valence-electron chi connectivity index (χ1n) is 7.23. The maximum atomic E-state index is 5.37. The van der Waals surface area contributed by atoms with Crippen molar-refractivity contribution in [1.82, 2.24) is 20.2 Å². The van der Waals surface area contributed by atoms with E-state index in [4.69, 9.17) is 4.74 Å². The highest BCUT2D eigenvalue weighted by Gasteiger charge is 2.13. The molecular formula is C15H16N6O. The normalized spacial score (nSPS) is 15.2. The van der Waals surface area contributed by atoms with E-state index in [2.05, 4.69) is 30.4 Å². The van der Waals surface area contributed by atoms with E-state index < -0.39 is 0 Å². The van der Waals surface area contributed by atoms with Crippen LogP contribution in [0.5, 0.6) is 0 Å². The molecule has 2 aromatic heterocycles. The number of nitrogens with one attached hydrogen (secondary N) is 2. The fourth-order valence-electron chi connectivity index (χ4n) is 2.54. The first-order chi connectivity index (χ1) is 10.9. The van der Waals surface area contributed by atoms with Gasteiger partial charge in [0.1, 0.15) is 18.0 Å². The van der Waals surface area contributed by atoms with Crippen LogP contribution in [0.25, 0.3) is 10.9 Å². The van der Waals surface area contributed by atoms with Crippen molar-refractivity contribution in [3.8, 4) is 0 Å². The molecule has 0 bridgehead atoms. The molecule has 1 aliphatic heterocycles. The lowest BCUT2D eigenvalue weighted by molar-refractivity contribution is 0.122. The van der Waals surface area contributed by atoms with Crippen LogP contribution in [0, 0.1) is 0 Å². The molecule has 1 fully saturated rings. The van der Waals surface area contributed by atoms with E-state index in [9.17, 15) is 0 Å². The van der Waals surface area contributed by atoms with Gasteiger partial charge in [-0.2, -0.15) is 5.10 Å². The lowest BCUT2D eigenvalue weighted by atomic mass is 10.2. The zero-order valence-corrected chi connectivity index (χ0v) is 12.0. The van der Waals surface area contributed by atoms with Crippen LogP contribution in [0.4, 0.5) is 17.3 Å². The molecule has 3 heterocycles. The number of aromatic nitrogens is 4. The lowest BCUT2D eigenvalue weighted by Crippen LogP contribution is -2.36. The van der Waals surface area contributed by atoms with Crippen molar-refractivity contribution in [1.29, 1.82) is 0 Å². The molecule has 112 valence electrons. The Balaban J connectivity index is 1.56. The van der Waals surface area contributed by atoms with Gasteiger partial charge in [0.15, 0.2) is 0 Å². The first-order valence-corrected chi connectivity index (χ1v) is 7.23. The Hall–Kier alpha value is -2.67. The Morgan fingerprint density at radius 2 is 2.05 bits per heavy atom. The minimum Gasteiger partial charge on any atom is -0.378 e. The summed E-state index contributed by atoms with van der Waals surface area (Å²) >= 11 is 0. The van der Waals surface area contributed by atoms with Crippen LogP contribution in [-0.4, -0.2) is 46.5 Å². The molecule has 0 radical (unpaired) electrons. The predicted octanol–water partition coefficient (Wildman–Crippen LogP) is 1.93. The molecule has 0 amide bonds. The number of rotatable bonds is 3. The summed E-state index contributed by atoms with van der Waals surface area (Å²) in [5.41, 5.74) is 1.95. The number of morpholine rings is 1. The summed E-state index contributed by atoms with van der Waals surface area (Å²) in [4.78, 5) is 10.8. The van der Waals surface area contributed by atoms with E-state index in [-0.39, 0.29) is 0 Å². The van der Waals surface area contributed by atoms with Gasteiger partial charge in [0.25, 0.3) is 0 Å². The summed E-state index contributed by atoms with van der Waals surface area (Å²) in [5.74, 6) is 1.69. The summed E-state index contributed by atoms with van der Waals surface area (Å²) in [5, 5.41) is 11.4. The molecule has 2 N–H and O–H groups in total. The highest BCUT2D eigenvalue weighted by molar-refractivity contribution is 5.82. The monoisotopic (exact) mass is 296 g/mol. The standard InChI is InChI=1S/C15H16N6O/c1-2-12(7-13-11(1)9-18-20-13)19-14-8-15(17-10-16-14)21-3-5-22-6-4-21/h1-2,7-10H,3-6H2,(H,18,20)(H,16,17,19). The van der Waals surface area contributed by atoms with Crippen molar-refractivity contribution in [2.75, 3.05) is 36.5 Å². The molecule has 3 aromatic rings. The molecule has 0 unspecified atom stereocenters. The summed E-state index contributed by atoms with van der Waals surface area (Å²) in [6.45, 7) is 3.19. The number of nitrogens with zero attached hydrogens (tertiary/aromatic N) is 4. The van der Waals surface area contributed by atoms with Crippen molar-refractivity contribution >= 4 is 28.2 Å². The zero-order chi connectivity index (χ0) is 14.8. The van der Waals surface area contributed by atoms with Crippen LogP contribution in [0.3, 0.4) is 0 Å². The second-order valence-electron chi connectivity index (χ2n) is 5.16. The highest BCUT2D eigenvalue weighted by atomic mass is 16.5. The Morgan fingerprint density at radius 1 is 1.14 bits per heavy atom. The van der Waals surface area contributed by atoms with Gasteiger partial charge in [-0.05, 0) is 18.2 Å². The van der Waals surface area contributed by atoms with Crippen molar-refractivity contribution in [3.05, 3.63) is 36.8 Å². The maximum Gasteiger partial charge on any atom is 0.135 e. The Kier molecular flexibility index (Phi) is 3.32. The number of aromatic amines is 1. The number of benzene rings is 1. The SMILES string of the molecule is c1nc(Nc2ccc3cn[nH]c3c2)cc(N2CCOCC2)n1. The number of hydrogen-bond acceptors (Lipinski definition) is 6. The average molecular weight is 296 g/mol. The smallest absolute Gasteiger partial charge is 0.135 e. The van der Waals surface area contributed by atoms with E-state index >= 15 is 0 Å².